The summed E-state index contributed by atoms with van der Waals surface area (Å²) in [6.45, 7) is 7.34. The summed E-state index contributed by atoms with van der Waals surface area (Å²) >= 11 is 3.55. The number of rotatable bonds is 7. The van der Waals surface area contributed by atoms with Crippen LogP contribution in [0.25, 0.3) is 0 Å². The minimum Gasteiger partial charge on any atom is -0.493 e. The molecule has 0 spiro atoms. The number of ether oxygens (including phenoxy) is 1. The SMILES string of the molecule is CCCOc1ccc(Br)cc1CNCC1CCCN(C)C1. The van der Waals surface area contributed by atoms with Crippen LogP contribution < -0.4 is 10.1 Å². The molecule has 1 aliphatic rings. The molecule has 1 saturated heterocycles. The molecule has 118 valence electrons. The number of benzene rings is 1. The second-order valence-electron chi connectivity index (χ2n) is 6.00. The highest BCUT2D eigenvalue weighted by Gasteiger charge is 2.16. The van der Waals surface area contributed by atoms with E-state index in [0.29, 0.717) is 0 Å². The third-order valence-corrected chi connectivity index (χ3v) is 4.45. The van der Waals surface area contributed by atoms with Crippen LogP contribution in [0.2, 0.25) is 0 Å². The van der Waals surface area contributed by atoms with Crippen molar-refractivity contribution in [2.24, 2.45) is 5.92 Å². The molecule has 0 saturated carbocycles. The van der Waals surface area contributed by atoms with Crippen molar-refractivity contribution in [3.63, 3.8) is 0 Å². The molecule has 1 unspecified atom stereocenters. The second kappa shape index (κ2) is 8.76. The lowest BCUT2D eigenvalue weighted by molar-refractivity contribution is 0.206. The number of likely N-dealkylation sites (tertiary alicyclic amines) is 1. The first-order valence-corrected chi connectivity index (χ1v) is 8.78. The Bertz CT molecular complexity index is 439. The van der Waals surface area contributed by atoms with Crippen LogP contribution in [0.3, 0.4) is 0 Å². The van der Waals surface area contributed by atoms with Gasteiger partial charge in [-0.3, -0.25) is 0 Å². The Morgan fingerprint density at radius 2 is 2.29 bits per heavy atom. The van der Waals surface area contributed by atoms with Gasteiger partial charge in [0.15, 0.2) is 0 Å². The highest BCUT2D eigenvalue weighted by molar-refractivity contribution is 9.10. The summed E-state index contributed by atoms with van der Waals surface area (Å²) in [5, 5.41) is 3.61. The minimum atomic E-state index is 0.774. The number of halogens is 1. The van der Waals surface area contributed by atoms with Gasteiger partial charge >= 0.3 is 0 Å². The number of nitrogens with one attached hydrogen (secondary N) is 1. The van der Waals surface area contributed by atoms with Gasteiger partial charge in [0, 0.05) is 23.1 Å². The predicted molar refractivity (Wildman–Crippen MR) is 91.9 cm³/mol. The Morgan fingerprint density at radius 3 is 3.05 bits per heavy atom. The lowest BCUT2D eigenvalue weighted by Gasteiger charge is -2.29. The molecular formula is C17H27BrN2O. The van der Waals surface area contributed by atoms with Crippen LogP contribution in [0.5, 0.6) is 5.75 Å². The Morgan fingerprint density at radius 1 is 1.43 bits per heavy atom. The van der Waals surface area contributed by atoms with Gasteiger partial charge in [0.25, 0.3) is 0 Å². The minimum absolute atomic E-state index is 0.774. The molecule has 1 fully saturated rings. The van der Waals surface area contributed by atoms with Crippen molar-refractivity contribution in [1.29, 1.82) is 0 Å². The number of hydrogen-bond acceptors (Lipinski definition) is 3. The smallest absolute Gasteiger partial charge is 0.123 e. The fourth-order valence-corrected chi connectivity index (χ4v) is 3.30. The van der Waals surface area contributed by atoms with Gasteiger partial charge in [-0.15, -0.1) is 0 Å². The van der Waals surface area contributed by atoms with E-state index in [0.717, 1.165) is 42.3 Å². The van der Waals surface area contributed by atoms with Crippen LogP contribution in [0.1, 0.15) is 31.7 Å². The summed E-state index contributed by atoms with van der Waals surface area (Å²) in [6, 6.07) is 6.26. The zero-order chi connectivity index (χ0) is 15.1. The van der Waals surface area contributed by atoms with Crippen molar-refractivity contribution < 1.29 is 4.74 Å². The summed E-state index contributed by atoms with van der Waals surface area (Å²) in [4.78, 5) is 2.44. The lowest BCUT2D eigenvalue weighted by Crippen LogP contribution is -2.37. The maximum Gasteiger partial charge on any atom is 0.123 e. The van der Waals surface area contributed by atoms with E-state index < -0.39 is 0 Å². The van der Waals surface area contributed by atoms with Gasteiger partial charge in [-0.2, -0.15) is 0 Å². The zero-order valence-corrected chi connectivity index (χ0v) is 14.8. The molecule has 1 atom stereocenters. The first kappa shape index (κ1) is 16.8. The molecule has 0 aliphatic carbocycles. The Kier molecular flexibility index (Phi) is 7.00. The topological polar surface area (TPSA) is 24.5 Å². The summed E-state index contributed by atoms with van der Waals surface area (Å²) in [7, 11) is 2.22. The molecule has 0 bridgehead atoms. The van der Waals surface area contributed by atoms with E-state index in [-0.39, 0.29) is 0 Å². The van der Waals surface area contributed by atoms with E-state index in [1.165, 1.54) is 31.5 Å². The molecule has 1 aromatic rings. The molecule has 1 N–H and O–H groups in total. The van der Waals surface area contributed by atoms with E-state index >= 15 is 0 Å². The Balaban J connectivity index is 1.85. The maximum atomic E-state index is 5.83. The van der Waals surface area contributed by atoms with Crippen LogP contribution in [-0.2, 0) is 6.54 Å². The molecule has 0 radical (unpaired) electrons. The molecule has 4 heteroatoms. The highest BCUT2D eigenvalue weighted by atomic mass is 79.9. The van der Waals surface area contributed by atoms with Crippen LogP contribution in [0.4, 0.5) is 0 Å². The number of hydrogen-bond donors (Lipinski definition) is 1. The zero-order valence-electron chi connectivity index (χ0n) is 13.2. The van der Waals surface area contributed by atoms with Crippen molar-refractivity contribution in [1.82, 2.24) is 10.2 Å². The van der Waals surface area contributed by atoms with E-state index in [1.807, 2.05) is 6.07 Å². The Hall–Kier alpha value is -0.580. The fourth-order valence-electron chi connectivity index (χ4n) is 2.89. The average Bonchev–Trinajstić information content (AvgIpc) is 2.46. The standard InChI is InChI=1S/C17H27BrN2O/c1-3-9-21-17-7-6-16(18)10-15(17)12-19-11-14-5-4-8-20(2)13-14/h6-7,10,14,19H,3-5,8-9,11-13H2,1-2H3. The first-order chi connectivity index (χ1) is 10.2. The first-order valence-electron chi connectivity index (χ1n) is 7.99. The summed E-state index contributed by atoms with van der Waals surface area (Å²) in [5.74, 6) is 1.78. The van der Waals surface area contributed by atoms with Gasteiger partial charge in [0.2, 0.25) is 0 Å². The molecule has 1 aromatic carbocycles. The molecule has 0 aromatic heterocycles. The van der Waals surface area contributed by atoms with Crippen LogP contribution in [0.15, 0.2) is 22.7 Å². The van der Waals surface area contributed by atoms with E-state index in [4.69, 9.17) is 4.74 Å². The highest BCUT2D eigenvalue weighted by Crippen LogP contribution is 2.23. The van der Waals surface area contributed by atoms with Gasteiger partial charge in [-0.1, -0.05) is 22.9 Å². The largest absolute Gasteiger partial charge is 0.493 e. The third-order valence-electron chi connectivity index (χ3n) is 3.95. The van der Waals surface area contributed by atoms with Crippen LogP contribution in [0, 0.1) is 5.92 Å². The molecular weight excluding hydrogens is 328 g/mol. The maximum absolute atomic E-state index is 5.83. The van der Waals surface area contributed by atoms with Crippen molar-refractivity contribution >= 4 is 15.9 Å². The van der Waals surface area contributed by atoms with Gasteiger partial charge in [0.1, 0.15) is 5.75 Å². The van der Waals surface area contributed by atoms with E-state index in [2.05, 4.69) is 52.3 Å². The van der Waals surface area contributed by atoms with Gasteiger partial charge < -0.3 is 15.0 Å². The normalized spacial score (nSPS) is 19.7. The van der Waals surface area contributed by atoms with Crippen LogP contribution in [-0.4, -0.2) is 38.2 Å². The molecule has 3 nitrogen and oxygen atoms in total. The Labute approximate surface area is 137 Å². The van der Waals surface area contributed by atoms with Crippen molar-refractivity contribution in [3.8, 4) is 5.75 Å². The fraction of sp³-hybridized carbons (Fsp3) is 0.647. The van der Waals surface area contributed by atoms with Crippen LogP contribution >= 0.6 is 15.9 Å². The van der Waals surface area contributed by atoms with Gasteiger partial charge in [-0.05, 0) is 63.5 Å². The molecule has 0 amide bonds. The van der Waals surface area contributed by atoms with Crippen molar-refractivity contribution in [2.75, 3.05) is 33.3 Å². The molecule has 1 heterocycles. The number of nitrogens with zero attached hydrogens (tertiary/aromatic N) is 1. The van der Waals surface area contributed by atoms with Gasteiger partial charge in [-0.25, -0.2) is 0 Å². The van der Waals surface area contributed by atoms with E-state index in [1.54, 1.807) is 0 Å². The quantitative estimate of drug-likeness (QED) is 0.808. The molecule has 21 heavy (non-hydrogen) atoms. The third kappa shape index (κ3) is 5.61. The second-order valence-corrected chi connectivity index (χ2v) is 6.92. The lowest BCUT2D eigenvalue weighted by atomic mass is 9.98. The summed E-state index contributed by atoms with van der Waals surface area (Å²) < 4.78 is 6.94. The summed E-state index contributed by atoms with van der Waals surface area (Å²) in [5.41, 5.74) is 1.24. The monoisotopic (exact) mass is 354 g/mol. The van der Waals surface area contributed by atoms with Crippen molar-refractivity contribution in [2.45, 2.75) is 32.7 Å². The van der Waals surface area contributed by atoms with Gasteiger partial charge in [0.05, 0.1) is 6.61 Å². The predicted octanol–water partition coefficient (Wildman–Crippen LogP) is 3.67. The average molecular weight is 355 g/mol. The van der Waals surface area contributed by atoms with Crippen molar-refractivity contribution in [3.05, 3.63) is 28.2 Å². The van der Waals surface area contributed by atoms with E-state index in [9.17, 15) is 0 Å². The number of piperidine rings is 1. The molecule has 1 aliphatic heterocycles. The summed E-state index contributed by atoms with van der Waals surface area (Å²) in [6.07, 6.45) is 3.71. The molecule has 2 rings (SSSR count).